The predicted molar refractivity (Wildman–Crippen MR) is 69.6 cm³/mol. The molecule has 3 heteroatoms. The van der Waals surface area contributed by atoms with Crippen LogP contribution in [0, 0.1) is 6.92 Å². The normalized spacial score (nSPS) is 14.9. The van der Waals surface area contributed by atoms with E-state index in [9.17, 15) is 0 Å². The Hall–Kier alpha value is -1.48. The van der Waals surface area contributed by atoms with Gasteiger partial charge in [0, 0.05) is 36.2 Å². The van der Waals surface area contributed by atoms with E-state index in [1.165, 1.54) is 22.2 Å². The third-order valence-corrected chi connectivity index (χ3v) is 3.54. The van der Waals surface area contributed by atoms with Gasteiger partial charge in [-0.3, -0.25) is 0 Å². The summed E-state index contributed by atoms with van der Waals surface area (Å²) in [7, 11) is 0. The van der Waals surface area contributed by atoms with Crippen LogP contribution in [0.3, 0.4) is 0 Å². The van der Waals surface area contributed by atoms with Gasteiger partial charge < -0.3 is 14.6 Å². The molecular formula is C14H18N2O. The predicted octanol–water partition coefficient (Wildman–Crippen LogP) is 2.45. The number of nitrogens with one attached hydrogen (secondary N) is 1. The lowest BCUT2D eigenvalue weighted by Gasteiger charge is -2.17. The zero-order chi connectivity index (χ0) is 11.8. The van der Waals surface area contributed by atoms with E-state index in [4.69, 9.17) is 4.74 Å². The molecule has 0 amide bonds. The Labute approximate surface area is 101 Å². The average molecular weight is 230 g/mol. The zero-order valence-electron chi connectivity index (χ0n) is 10.4. The molecule has 1 N–H and O–H groups in total. The molecular weight excluding hydrogens is 212 g/mol. The summed E-state index contributed by atoms with van der Waals surface area (Å²) in [6, 6.07) is 6.42. The molecule has 3 nitrogen and oxygen atoms in total. The molecule has 1 aliphatic rings. The molecule has 0 saturated carbocycles. The summed E-state index contributed by atoms with van der Waals surface area (Å²) in [5.41, 5.74) is 4.14. The quantitative estimate of drug-likeness (QED) is 0.857. The third kappa shape index (κ3) is 1.62. The molecule has 3 rings (SSSR count). The van der Waals surface area contributed by atoms with E-state index in [1.807, 2.05) is 6.92 Å². The number of ether oxygens (including phenoxy) is 1. The van der Waals surface area contributed by atoms with Gasteiger partial charge in [-0.25, -0.2) is 0 Å². The Morgan fingerprint density at radius 1 is 1.41 bits per heavy atom. The van der Waals surface area contributed by atoms with Crippen LogP contribution in [0.25, 0.3) is 10.9 Å². The van der Waals surface area contributed by atoms with E-state index in [1.54, 1.807) is 0 Å². The van der Waals surface area contributed by atoms with Gasteiger partial charge in [-0.2, -0.15) is 0 Å². The van der Waals surface area contributed by atoms with Crippen LogP contribution < -0.4 is 10.1 Å². The summed E-state index contributed by atoms with van der Waals surface area (Å²) >= 11 is 0. The molecule has 90 valence electrons. The van der Waals surface area contributed by atoms with Gasteiger partial charge in [-0.15, -0.1) is 0 Å². The van der Waals surface area contributed by atoms with Crippen molar-refractivity contribution in [3.8, 4) is 5.75 Å². The highest BCUT2D eigenvalue weighted by Crippen LogP contribution is 2.30. The van der Waals surface area contributed by atoms with Crippen LogP contribution in [0.1, 0.15) is 18.2 Å². The fourth-order valence-corrected chi connectivity index (χ4v) is 2.69. The number of fused-ring (bicyclic) bond motifs is 3. The van der Waals surface area contributed by atoms with E-state index in [0.29, 0.717) is 0 Å². The third-order valence-electron chi connectivity index (χ3n) is 3.54. The molecule has 1 aromatic heterocycles. The Morgan fingerprint density at radius 2 is 2.29 bits per heavy atom. The Morgan fingerprint density at radius 3 is 3.12 bits per heavy atom. The van der Waals surface area contributed by atoms with Gasteiger partial charge in [-0.1, -0.05) is 0 Å². The average Bonchev–Trinajstić information content (AvgIpc) is 2.65. The van der Waals surface area contributed by atoms with Crippen LogP contribution in [-0.2, 0) is 13.1 Å². The number of aromatic nitrogens is 1. The van der Waals surface area contributed by atoms with Crippen LogP contribution in [0.2, 0.25) is 0 Å². The molecule has 0 bridgehead atoms. The summed E-state index contributed by atoms with van der Waals surface area (Å²) in [4.78, 5) is 0. The van der Waals surface area contributed by atoms with Gasteiger partial charge >= 0.3 is 0 Å². The van der Waals surface area contributed by atoms with Crippen LogP contribution in [-0.4, -0.2) is 17.7 Å². The van der Waals surface area contributed by atoms with Crippen molar-refractivity contribution in [3.63, 3.8) is 0 Å². The summed E-state index contributed by atoms with van der Waals surface area (Å²) in [6.45, 7) is 8.05. The maximum Gasteiger partial charge on any atom is 0.120 e. The van der Waals surface area contributed by atoms with Gasteiger partial charge in [0.2, 0.25) is 0 Å². The maximum atomic E-state index is 5.58. The first-order valence-electron chi connectivity index (χ1n) is 6.26. The molecule has 1 aliphatic heterocycles. The van der Waals surface area contributed by atoms with Crippen molar-refractivity contribution in [3.05, 3.63) is 29.5 Å². The minimum Gasteiger partial charge on any atom is -0.494 e. The second kappa shape index (κ2) is 4.08. The molecule has 0 aliphatic carbocycles. The van der Waals surface area contributed by atoms with Gasteiger partial charge in [0.25, 0.3) is 0 Å². The Balaban J connectivity index is 2.20. The van der Waals surface area contributed by atoms with E-state index in [0.717, 1.165) is 32.0 Å². The molecule has 0 fully saturated rings. The molecule has 0 atom stereocenters. The first-order valence-corrected chi connectivity index (χ1v) is 6.26. The zero-order valence-corrected chi connectivity index (χ0v) is 10.4. The molecule has 2 aromatic rings. The van der Waals surface area contributed by atoms with Gasteiger partial charge in [0.05, 0.1) is 6.61 Å². The molecule has 1 aromatic carbocycles. The van der Waals surface area contributed by atoms with Crippen LogP contribution >= 0.6 is 0 Å². The fourth-order valence-electron chi connectivity index (χ4n) is 2.69. The van der Waals surface area contributed by atoms with Crippen molar-refractivity contribution in [2.24, 2.45) is 0 Å². The van der Waals surface area contributed by atoms with Gasteiger partial charge in [0.15, 0.2) is 0 Å². The van der Waals surface area contributed by atoms with Crippen LogP contribution in [0.5, 0.6) is 5.75 Å². The van der Waals surface area contributed by atoms with Crippen molar-refractivity contribution in [2.45, 2.75) is 26.9 Å². The minimum absolute atomic E-state index is 0.722. The molecule has 0 saturated heterocycles. The number of hydrogen-bond acceptors (Lipinski definition) is 2. The number of rotatable bonds is 2. The molecule has 2 heterocycles. The van der Waals surface area contributed by atoms with Gasteiger partial charge in [-0.05, 0) is 37.6 Å². The lowest BCUT2D eigenvalue weighted by Crippen LogP contribution is -2.27. The second-order valence-corrected chi connectivity index (χ2v) is 4.51. The standard InChI is InChI=1S/C14H18N2O/c1-3-17-11-4-5-13-12(8-11)10(2)14-9-15-6-7-16(13)14/h4-5,8,15H,3,6-7,9H2,1-2H3. The highest BCUT2D eigenvalue weighted by molar-refractivity contribution is 5.86. The minimum atomic E-state index is 0.722. The summed E-state index contributed by atoms with van der Waals surface area (Å²) in [5, 5.41) is 4.76. The fraction of sp³-hybridized carbons (Fsp3) is 0.429. The van der Waals surface area contributed by atoms with Gasteiger partial charge in [0.1, 0.15) is 5.75 Å². The summed E-state index contributed by atoms with van der Waals surface area (Å²) < 4.78 is 8.00. The van der Waals surface area contributed by atoms with E-state index < -0.39 is 0 Å². The molecule has 0 spiro atoms. The van der Waals surface area contributed by atoms with Crippen molar-refractivity contribution < 1.29 is 4.74 Å². The van der Waals surface area contributed by atoms with Crippen LogP contribution in [0.15, 0.2) is 18.2 Å². The number of benzene rings is 1. The second-order valence-electron chi connectivity index (χ2n) is 4.51. The number of hydrogen-bond donors (Lipinski definition) is 1. The number of aryl methyl sites for hydroxylation is 1. The molecule has 17 heavy (non-hydrogen) atoms. The van der Waals surface area contributed by atoms with E-state index in [2.05, 4.69) is 35.0 Å². The topological polar surface area (TPSA) is 26.2 Å². The largest absolute Gasteiger partial charge is 0.494 e. The summed E-state index contributed by atoms with van der Waals surface area (Å²) in [6.07, 6.45) is 0. The summed E-state index contributed by atoms with van der Waals surface area (Å²) in [5.74, 6) is 0.971. The first-order chi connectivity index (χ1) is 8.31. The van der Waals surface area contributed by atoms with Crippen molar-refractivity contribution in [1.29, 1.82) is 0 Å². The molecule has 0 unspecified atom stereocenters. The highest BCUT2D eigenvalue weighted by atomic mass is 16.5. The maximum absolute atomic E-state index is 5.58. The van der Waals surface area contributed by atoms with E-state index >= 15 is 0 Å². The van der Waals surface area contributed by atoms with Crippen molar-refractivity contribution >= 4 is 10.9 Å². The van der Waals surface area contributed by atoms with Crippen LogP contribution in [0.4, 0.5) is 0 Å². The molecule has 0 radical (unpaired) electrons. The van der Waals surface area contributed by atoms with Crippen molar-refractivity contribution in [1.82, 2.24) is 9.88 Å². The Kier molecular flexibility index (Phi) is 2.56. The lowest BCUT2D eigenvalue weighted by atomic mass is 10.1. The van der Waals surface area contributed by atoms with Crippen molar-refractivity contribution in [2.75, 3.05) is 13.2 Å². The highest BCUT2D eigenvalue weighted by Gasteiger charge is 2.16. The SMILES string of the molecule is CCOc1ccc2c(c1)c(C)c1n2CCNC1. The van der Waals surface area contributed by atoms with E-state index in [-0.39, 0.29) is 0 Å². The monoisotopic (exact) mass is 230 g/mol. The lowest BCUT2D eigenvalue weighted by molar-refractivity contribution is 0.340. The smallest absolute Gasteiger partial charge is 0.120 e. The number of nitrogens with zero attached hydrogens (tertiary/aromatic N) is 1. The Bertz CT molecular complexity index is 557. The first kappa shape index (κ1) is 10.7.